The highest BCUT2D eigenvalue weighted by Crippen LogP contribution is 2.32. The smallest absolute Gasteiger partial charge is 0.250 e. The molecule has 8 heteroatoms. The summed E-state index contributed by atoms with van der Waals surface area (Å²) in [5.41, 5.74) is 2.51. The number of rotatable bonds is 6. The van der Waals surface area contributed by atoms with Gasteiger partial charge in [0.05, 0.1) is 24.4 Å². The maximum atomic E-state index is 12.2. The molecule has 0 unspecified atom stereocenters. The van der Waals surface area contributed by atoms with Crippen LogP contribution in [0.1, 0.15) is 5.56 Å². The summed E-state index contributed by atoms with van der Waals surface area (Å²) in [6, 6.07) is 11.3. The zero-order valence-corrected chi connectivity index (χ0v) is 19.0. The van der Waals surface area contributed by atoms with E-state index in [2.05, 4.69) is 42.2 Å². The topological polar surface area (TPSA) is 60.5 Å². The molecule has 3 rings (SSSR count). The highest BCUT2D eigenvalue weighted by molar-refractivity contribution is 9.10. The normalized spacial score (nSPS) is 10.9. The Kier molecular flexibility index (Phi) is 6.88. The van der Waals surface area contributed by atoms with Crippen LogP contribution in [0.2, 0.25) is 0 Å². The number of anilines is 1. The van der Waals surface area contributed by atoms with Gasteiger partial charge in [0.25, 0.3) is 0 Å². The maximum absolute atomic E-state index is 12.2. The molecular formula is C20H16Br2N2O3S. The fourth-order valence-corrected chi connectivity index (χ4v) is 4.08. The Bertz CT molecular complexity index is 1030. The van der Waals surface area contributed by atoms with E-state index in [-0.39, 0.29) is 5.91 Å². The average molecular weight is 524 g/mol. The number of carbonyl (C=O) groups excluding carboxylic acids is 1. The lowest BCUT2D eigenvalue weighted by Crippen LogP contribution is -2.07. The molecule has 2 aromatic carbocycles. The summed E-state index contributed by atoms with van der Waals surface area (Å²) < 4.78 is 12.3. The Balaban J connectivity index is 1.70. The second-order valence-corrected chi connectivity index (χ2v) is 8.22. The number of methoxy groups -OCH3 is 2. The van der Waals surface area contributed by atoms with Crippen molar-refractivity contribution in [2.45, 2.75) is 0 Å². The fourth-order valence-electron chi connectivity index (χ4n) is 2.44. The van der Waals surface area contributed by atoms with Gasteiger partial charge in [-0.2, -0.15) is 0 Å². The zero-order valence-electron chi connectivity index (χ0n) is 15.0. The van der Waals surface area contributed by atoms with Crippen molar-refractivity contribution in [1.29, 1.82) is 0 Å². The van der Waals surface area contributed by atoms with Gasteiger partial charge in [-0.1, -0.05) is 15.9 Å². The molecule has 0 saturated heterocycles. The average Bonchev–Trinajstić information content (AvgIpc) is 3.15. The molecule has 5 nitrogen and oxygen atoms in total. The molecule has 0 fully saturated rings. The molecule has 1 amide bonds. The minimum Gasteiger partial charge on any atom is -0.496 e. The summed E-state index contributed by atoms with van der Waals surface area (Å²) in [6.07, 6.45) is 3.16. The van der Waals surface area contributed by atoms with Crippen LogP contribution in [-0.2, 0) is 4.79 Å². The van der Waals surface area contributed by atoms with Gasteiger partial charge in [-0.15, -0.1) is 11.3 Å². The molecule has 0 radical (unpaired) electrons. The van der Waals surface area contributed by atoms with Crippen molar-refractivity contribution < 1.29 is 14.3 Å². The monoisotopic (exact) mass is 522 g/mol. The van der Waals surface area contributed by atoms with Crippen molar-refractivity contribution in [3.8, 4) is 22.8 Å². The Morgan fingerprint density at radius 3 is 2.57 bits per heavy atom. The quantitative estimate of drug-likeness (QED) is 0.402. The second kappa shape index (κ2) is 9.36. The SMILES string of the molecule is COc1ccc(-c2csc(NC(=O)/C=C/c3cc(Br)ccc3OC)n2)cc1Br. The lowest BCUT2D eigenvalue weighted by atomic mass is 10.2. The second-order valence-electron chi connectivity index (χ2n) is 5.60. The van der Waals surface area contributed by atoms with Crippen LogP contribution in [-0.4, -0.2) is 25.1 Å². The molecule has 0 atom stereocenters. The van der Waals surface area contributed by atoms with Crippen LogP contribution in [0.3, 0.4) is 0 Å². The van der Waals surface area contributed by atoms with Crippen molar-refractivity contribution in [1.82, 2.24) is 4.98 Å². The van der Waals surface area contributed by atoms with Crippen molar-refractivity contribution in [3.05, 3.63) is 62.4 Å². The predicted molar refractivity (Wildman–Crippen MR) is 120 cm³/mol. The molecule has 0 saturated carbocycles. The van der Waals surface area contributed by atoms with E-state index in [0.717, 1.165) is 31.5 Å². The number of nitrogens with zero attached hydrogens (tertiary/aromatic N) is 1. The molecule has 0 aliphatic rings. The predicted octanol–water partition coefficient (Wildman–Crippen LogP) is 6.00. The van der Waals surface area contributed by atoms with Crippen LogP contribution in [0, 0.1) is 0 Å². The molecule has 1 aromatic heterocycles. The Morgan fingerprint density at radius 1 is 1.11 bits per heavy atom. The van der Waals surface area contributed by atoms with Crippen LogP contribution in [0.25, 0.3) is 17.3 Å². The molecule has 0 aliphatic carbocycles. The van der Waals surface area contributed by atoms with E-state index in [1.807, 2.05) is 41.8 Å². The number of amides is 1. The molecule has 0 bridgehead atoms. The fraction of sp³-hybridized carbons (Fsp3) is 0.100. The summed E-state index contributed by atoms with van der Waals surface area (Å²) in [7, 11) is 3.21. The number of nitrogens with one attached hydrogen (secondary N) is 1. The van der Waals surface area contributed by atoms with Gasteiger partial charge in [-0.3, -0.25) is 10.1 Å². The minimum absolute atomic E-state index is 0.265. The summed E-state index contributed by atoms with van der Waals surface area (Å²) in [5.74, 6) is 1.17. The van der Waals surface area contributed by atoms with Crippen LogP contribution in [0.15, 0.2) is 56.8 Å². The van der Waals surface area contributed by atoms with E-state index in [1.54, 1.807) is 20.3 Å². The van der Waals surface area contributed by atoms with Gasteiger partial charge >= 0.3 is 0 Å². The number of ether oxygens (including phenoxy) is 2. The first-order chi connectivity index (χ1) is 13.5. The molecule has 1 heterocycles. The summed E-state index contributed by atoms with van der Waals surface area (Å²) >= 11 is 8.25. The number of thiazole rings is 1. The van der Waals surface area contributed by atoms with Gasteiger partial charge in [-0.05, 0) is 58.4 Å². The Hall–Kier alpha value is -2.16. The third kappa shape index (κ3) is 5.01. The van der Waals surface area contributed by atoms with Gasteiger partial charge in [-0.25, -0.2) is 4.98 Å². The molecule has 0 aliphatic heterocycles. The number of aromatic nitrogens is 1. The van der Waals surface area contributed by atoms with Gasteiger partial charge in [0, 0.05) is 27.1 Å². The molecule has 144 valence electrons. The highest BCUT2D eigenvalue weighted by Gasteiger charge is 2.09. The van der Waals surface area contributed by atoms with Crippen molar-refractivity contribution >= 4 is 60.3 Å². The molecule has 1 N–H and O–H groups in total. The summed E-state index contributed by atoms with van der Waals surface area (Å²) in [4.78, 5) is 16.7. The first-order valence-corrected chi connectivity index (χ1v) is 10.6. The molecule has 0 spiro atoms. The van der Waals surface area contributed by atoms with Crippen LogP contribution in [0.5, 0.6) is 11.5 Å². The van der Waals surface area contributed by atoms with E-state index in [1.165, 1.54) is 17.4 Å². The molecule has 28 heavy (non-hydrogen) atoms. The number of halogens is 2. The highest BCUT2D eigenvalue weighted by atomic mass is 79.9. The van der Waals surface area contributed by atoms with E-state index in [0.29, 0.717) is 10.9 Å². The van der Waals surface area contributed by atoms with E-state index in [9.17, 15) is 4.79 Å². The maximum Gasteiger partial charge on any atom is 0.250 e. The lowest BCUT2D eigenvalue weighted by molar-refractivity contribution is -0.111. The van der Waals surface area contributed by atoms with E-state index < -0.39 is 0 Å². The van der Waals surface area contributed by atoms with E-state index in [4.69, 9.17) is 9.47 Å². The van der Waals surface area contributed by atoms with Crippen molar-refractivity contribution in [2.24, 2.45) is 0 Å². The van der Waals surface area contributed by atoms with Gasteiger partial charge in [0.15, 0.2) is 5.13 Å². The Labute approximate surface area is 183 Å². The number of carbonyl (C=O) groups is 1. The first kappa shape index (κ1) is 20.6. The van der Waals surface area contributed by atoms with Crippen LogP contribution in [0.4, 0.5) is 5.13 Å². The third-order valence-electron chi connectivity index (χ3n) is 3.79. The van der Waals surface area contributed by atoms with Gasteiger partial charge in [0.2, 0.25) is 5.91 Å². The standard InChI is InChI=1S/C20H16Br2N2O3S/c1-26-17-7-5-14(21)9-13(17)4-8-19(25)24-20-23-16(11-28-20)12-3-6-18(27-2)15(22)10-12/h3-11H,1-2H3,(H,23,24,25)/b8-4+. The lowest BCUT2D eigenvalue weighted by Gasteiger charge is -2.05. The largest absolute Gasteiger partial charge is 0.496 e. The number of hydrogen-bond acceptors (Lipinski definition) is 5. The van der Waals surface area contributed by atoms with E-state index >= 15 is 0 Å². The number of hydrogen-bond donors (Lipinski definition) is 1. The van der Waals surface area contributed by atoms with Crippen molar-refractivity contribution in [3.63, 3.8) is 0 Å². The van der Waals surface area contributed by atoms with Crippen LogP contribution >= 0.6 is 43.2 Å². The molecule has 3 aromatic rings. The summed E-state index contributed by atoms with van der Waals surface area (Å²) in [6.45, 7) is 0. The van der Waals surface area contributed by atoms with Crippen LogP contribution < -0.4 is 14.8 Å². The minimum atomic E-state index is -0.265. The van der Waals surface area contributed by atoms with Gasteiger partial charge < -0.3 is 9.47 Å². The molecular weight excluding hydrogens is 508 g/mol. The zero-order chi connectivity index (χ0) is 20.1. The van der Waals surface area contributed by atoms with Crippen molar-refractivity contribution in [2.75, 3.05) is 19.5 Å². The third-order valence-corrected chi connectivity index (χ3v) is 5.66. The summed E-state index contributed by atoms with van der Waals surface area (Å²) in [5, 5.41) is 5.20. The first-order valence-electron chi connectivity index (χ1n) is 8.12. The van der Waals surface area contributed by atoms with Gasteiger partial charge in [0.1, 0.15) is 11.5 Å². The Morgan fingerprint density at radius 2 is 1.86 bits per heavy atom. The number of benzene rings is 2.